The summed E-state index contributed by atoms with van der Waals surface area (Å²) in [6.07, 6.45) is 1.92. The number of thiophene rings is 1. The third-order valence-electron chi connectivity index (χ3n) is 3.38. The molecule has 0 radical (unpaired) electrons. The second-order valence-corrected chi connectivity index (χ2v) is 5.93. The van der Waals surface area contributed by atoms with E-state index in [2.05, 4.69) is 17.6 Å². The molecule has 5 nitrogen and oxygen atoms in total. The van der Waals surface area contributed by atoms with Gasteiger partial charge in [-0.1, -0.05) is 6.92 Å². The van der Waals surface area contributed by atoms with Crippen molar-refractivity contribution in [2.45, 2.75) is 32.7 Å². The molecule has 2 N–H and O–H groups in total. The van der Waals surface area contributed by atoms with Gasteiger partial charge in [0.2, 0.25) is 5.91 Å². The van der Waals surface area contributed by atoms with Crippen molar-refractivity contribution >= 4 is 28.2 Å². The molecule has 2 unspecified atom stereocenters. The molecular weight excluding hydrogens is 276 g/mol. The Bertz CT molecular complexity index is 487. The number of ether oxygens (including phenoxy) is 1. The lowest BCUT2D eigenvalue weighted by Gasteiger charge is -2.27. The van der Waals surface area contributed by atoms with E-state index in [1.165, 1.54) is 11.3 Å². The van der Waals surface area contributed by atoms with Gasteiger partial charge < -0.3 is 15.4 Å². The van der Waals surface area contributed by atoms with Crippen molar-refractivity contribution in [2.24, 2.45) is 5.92 Å². The molecule has 6 heteroatoms. The number of carbonyl (C=O) groups is 2. The van der Waals surface area contributed by atoms with Crippen LogP contribution in [0.3, 0.4) is 0 Å². The van der Waals surface area contributed by atoms with Gasteiger partial charge in [-0.25, -0.2) is 4.79 Å². The van der Waals surface area contributed by atoms with Crippen molar-refractivity contribution in [3.63, 3.8) is 0 Å². The van der Waals surface area contributed by atoms with Gasteiger partial charge in [-0.3, -0.25) is 4.79 Å². The number of piperidine rings is 1. The van der Waals surface area contributed by atoms with Gasteiger partial charge in [-0.15, -0.1) is 11.3 Å². The summed E-state index contributed by atoms with van der Waals surface area (Å²) in [7, 11) is 0. The van der Waals surface area contributed by atoms with E-state index in [0.29, 0.717) is 23.1 Å². The SMILES string of the molecule is CCOC(=O)c1ccsc1NC(=O)C1CC(C)CCN1. The average Bonchev–Trinajstić information content (AvgIpc) is 2.87. The first kappa shape index (κ1) is 15.0. The van der Waals surface area contributed by atoms with Gasteiger partial charge in [-0.2, -0.15) is 0 Å². The van der Waals surface area contributed by atoms with Crippen LogP contribution in [0.15, 0.2) is 11.4 Å². The van der Waals surface area contributed by atoms with Crippen LogP contribution in [-0.4, -0.2) is 31.1 Å². The molecule has 1 saturated heterocycles. The third-order valence-corrected chi connectivity index (χ3v) is 4.21. The van der Waals surface area contributed by atoms with E-state index in [1.54, 1.807) is 18.4 Å². The van der Waals surface area contributed by atoms with Crippen LogP contribution in [0.1, 0.15) is 37.0 Å². The van der Waals surface area contributed by atoms with Crippen molar-refractivity contribution in [1.29, 1.82) is 0 Å². The van der Waals surface area contributed by atoms with Crippen LogP contribution in [0.25, 0.3) is 0 Å². The predicted molar refractivity (Wildman–Crippen MR) is 79.1 cm³/mol. The molecule has 0 bridgehead atoms. The Balaban J connectivity index is 2.01. The van der Waals surface area contributed by atoms with E-state index in [0.717, 1.165) is 19.4 Å². The fourth-order valence-electron chi connectivity index (χ4n) is 2.28. The summed E-state index contributed by atoms with van der Waals surface area (Å²) in [6, 6.07) is 1.49. The van der Waals surface area contributed by atoms with Gasteiger partial charge >= 0.3 is 5.97 Å². The Morgan fingerprint density at radius 3 is 3.05 bits per heavy atom. The van der Waals surface area contributed by atoms with Gasteiger partial charge in [0.25, 0.3) is 0 Å². The summed E-state index contributed by atoms with van der Waals surface area (Å²) in [5, 5.41) is 8.39. The number of anilines is 1. The molecule has 0 aromatic carbocycles. The van der Waals surface area contributed by atoms with E-state index in [9.17, 15) is 9.59 Å². The van der Waals surface area contributed by atoms with E-state index in [1.807, 2.05) is 0 Å². The smallest absolute Gasteiger partial charge is 0.341 e. The molecule has 1 amide bonds. The second kappa shape index (κ2) is 6.85. The fraction of sp³-hybridized carbons (Fsp3) is 0.571. The van der Waals surface area contributed by atoms with Gasteiger partial charge in [0.15, 0.2) is 0 Å². The van der Waals surface area contributed by atoms with Crippen LogP contribution >= 0.6 is 11.3 Å². The molecule has 20 heavy (non-hydrogen) atoms. The molecule has 1 aromatic heterocycles. The van der Waals surface area contributed by atoms with Crippen molar-refractivity contribution < 1.29 is 14.3 Å². The monoisotopic (exact) mass is 296 g/mol. The molecule has 1 aliphatic heterocycles. The van der Waals surface area contributed by atoms with Gasteiger partial charge in [0, 0.05) is 0 Å². The number of hydrogen-bond donors (Lipinski definition) is 2. The maximum atomic E-state index is 12.2. The van der Waals surface area contributed by atoms with E-state index < -0.39 is 5.97 Å². The van der Waals surface area contributed by atoms with Gasteiger partial charge in [0.1, 0.15) is 5.00 Å². The summed E-state index contributed by atoms with van der Waals surface area (Å²) in [4.78, 5) is 24.0. The molecule has 2 atom stereocenters. The number of nitrogens with one attached hydrogen (secondary N) is 2. The first-order valence-corrected chi connectivity index (χ1v) is 7.78. The van der Waals surface area contributed by atoms with Gasteiger partial charge in [-0.05, 0) is 43.7 Å². The second-order valence-electron chi connectivity index (χ2n) is 5.01. The Labute approximate surface area is 122 Å². The minimum atomic E-state index is -0.394. The van der Waals surface area contributed by atoms with Crippen LogP contribution in [-0.2, 0) is 9.53 Å². The Hall–Kier alpha value is -1.40. The summed E-state index contributed by atoms with van der Waals surface area (Å²) < 4.78 is 4.97. The molecular formula is C14H20N2O3S. The minimum absolute atomic E-state index is 0.0791. The van der Waals surface area contributed by atoms with Crippen molar-refractivity contribution in [2.75, 3.05) is 18.5 Å². The summed E-state index contributed by atoms with van der Waals surface area (Å²) in [6.45, 7) is 5.09. The molecule has 0 spiro atoms. The number of rotatable bonds is 4. The predicted octanol–water partition coefficient (Wildman–Crippen LogP) is 2.25. The molecule has 1 aromatic rings. The maximum absolute atomic E-state index is 12.2. The van der Waals surface area contributed by atoms with E-state index in [-0.39, 0.29) is 11.9 Å². The first-order chi connectivity index (χ1) is 9.61. The third kappa shape index (κ3) is 3.58. The number of hydrogen-bond acceptors (Lipinski definition) is 5. The maximum Gasteiger partial charge on any atom is 0.341 e. The largest absolute Gasteiger partial charge is 0.462 e. The normalized spacial score (nSPS) is 22.3. The topological polar surface area (TPSA) is 67.4 Å². The Kier molecular flexibility index (Phi) is 5.14. The van der Waals surface area contributed by atoms with Gasteiger partial charge in [0.05, 0.1) is 18.2 Å². The number of amides is 1. The molecule has 2 heterocycles. The highest BCUT2D eigenvalue weighted by molar-refractivity contribution is 7.14. The zero-order chi connectivity index (χ0) is 14.5. The molecule has 2 rings (SSSR count). The standard InChI is InChI=1S/C14H20N2O3S/c1-3-19-14(18)10-5-7-20-13(10)16-12(17)11-8-9(2)4-6-15-11/h5,7,9,11,15H,3-4,6,8H2,1-2H3,(H,16,17). The van der Waals surface area contributed by atoms with Crippen LogP contribution in [0, 0.1) is 5.92 Å². The van der Waals surface area contributed by atoms with Crippen molar-refractivity contribution in [3.05, 3.63) is 17.0 Å². The quantitative estimate of drug-likeness (QED) is 0.836. The van der Waals surface area contributed by atoms with Crippen molar-refractivity contribution in [3.8, 4) is 0 Å². The summed E-state index contributed by atoms with van der Waals surface area (Å²) in [5.41, 5.74) is 0.425. The highest BCUT2D eigenvalue weighted by atomic mass is 32.1. The first-order valence-electron chi connectivity index (χ1n) is 6.90. The average molecular weight is 296 g/mol. The summed E-state index contributed by atoms with van der Waals surface area (Å²) in [5.74, 6) is 0.0680. The lowest BCUT2D eigenvalue weighted by molar-refractivity contribution is -0.118. The van der Waals surface area contributed by atoms with Crippen LogP contribution < -0.4 is 10.6 Å². The minimum Gasteiger partial charge on any atom is -0.462 e. The fourth-order valence-corrected chi connectivity index (χ4v) is 3.06. The zero-order valence-corrected chi connectivity index (χ0v) is 12.6. The molecule has 0 saturated carbocycles. The van der Waals surface area contributed by atoms with E-state index in [4.69, 9.17) is 4.74 Å². The molecule has 0 aliphatic carbocycles. The molecule has 1 aliphatic rings. The highest BCUT2D eigenvalue weighted by Crippen LogP contribution is 2.25. The molecule has 1 fully saturated rings. The Morgan fingerprint density at radius 2 is 2.35 bits per heavy atom. The van der Waals surface area contributed by atoms with Crippen molar-refractivity contribution in [1.82, 2.24) is 5.32 Å². The Morgan fingerprint density at radius 1 is 1.55 bits per heavy atom. The number of esters is 1. The lowest BCUT2D eigenvalue weighted by Crippen LogP contribution is -2.45. The molecule has 110 valence electrons. The van der Waals surface area contributed by atoms with Crippen LogP contribution in [0.5, 0.6) is 0 Å². The number of carbonyl (C=O) groups excluding carboxylic acids is 2. The van der Waals surface area contributed by atoms with E-state index >= 15 is 0 Å². The lowest BCUT2D eigenvalue weighted by atomic mass is 9.94. The van der Waals surface area contributed by atoms with Crippen LogP contribution in [0.2, 0.25) is 0 Å². The highest BCUT2D eigenvalue weighted by Gasteiger charge is 2.26. The summed E-state index contributed by atoms with van der Waals surface area (Å²) >= 11 is 1.34. The van der Waals surface area contributed by atoms with Crippen LogP contribution in [0.4, 0.5) is 5.00 Å². The zero-order valence-electron chi connectivity index (χ0n) is 11.8.